The Labute approximate surface area is 134 Å². The average Bonchev–Trinajstić information content (AvgIpc) is 2.90. The summed E-state index contributed by atoms with van der Waals surface area (Å²) in [6.07, 6.45) is 1.19. The van der Waals surface area contributed by atoms with E-state index in [4.69, 9.17) is 11.6 Å². The van der Waals surface area contributed by atoms with Crippen molar-refractivity contribution in [2.75, 3.05) is 11.9 Å². The van der Waals surface area contributed by atoms with Crippen molar-refractivity contribution in [2.45, 2.75) is 26.3 Å². The van der Waals surface area contributed by atoms with Gasteiger partial charge in [-0.1, -0.05) is 36.7 Å². The maximum Gasteiger partial charge on any atom is 0.224 e. The summed E-state index contributed by atoms with van der Waals surface area (Å²) in [7, 11) is 0. The smallest absolute Gasteiger partial charge is 0.224 e. The fourth-order valence-corrected chi connectivity index (χ4v) is 3.07. The molecular formula is C16H19ClN2OS. The highest BCUT2D eigenvalue weighted by Crippen LogP contribution is 2.21. The molecule has 1 aromatic carbocycles. The second-order valence-electron chi connectivity index (χ2n) is 4.72. The van der Waals surface area contributed by atoms with Gasteiger partial charge in [-0.25, -0.2) is 0 Å². The second-order valence-corrected chi connectivity index (χ2v) is 6.15. The number of halogens is 1. The molecule has 2 N–H and O–H groups in total. The van der Waals surface area contributed by atoms with Gasteiger partial charge in [0.2, 0.25) is 5.91 Å². The average molecular weight is 323 g/mol. The molecule has 0 aliphatic heterocycles. The summed E-state index contributed by atoms with van der Waals surface area (Å²) >= 11 is 7.47. The molecule has 1 amide bonds. The van der Waals surface area contributed by atoms with E-state index in [1.165, 1.54) is 0 Å². The number of nitrogens with one attached hydrogen (secondary N) is 2. The Kier molecular flexibility index (Phi) is 6.23. The third kappa shape index (κ3) is 5.16. The van der Waals surface area contributed by atoms with Crippen molar-refractivity contribution in [2.24, 2.45) is 0 Å². The number of thiophene rings is 1. The predicted molar refractivity (Wildman–Crippen MR) is 90.1 cm³/mol. The summed E-state index contributed by atoms with van der Waals surface area (Å²) in [5.41, 5.74) is 1.99. The Balaban J connectivity index is 1.90. The summed E-state index contributed by atoms with van der Waals surface area (Å²) in [5, 5.41) is 8.90. The molecule has 0 unspecified atom stereocenters. The van der Waals surface area contributed by atoms with Crippen LogP contribution in [0.5, 0.6) is 0 Å². The molecular weight excluding hydrogens is 304 g/mol. The van der Waals surface area contributed by atoms with E-state index in [1.807, 2.05) is 35.7 Å². The van der Waals surface area contributed by atoms with E-state index >= 15 is 0 Å². The number of hydrogen-bond acceptors (Lipinski definition) is 3. The first-order valence-electron chi connectivity index (χ1n) is 7.00. The van der Waals surface area contributed by atoms with Crippen LogP contribution in [0, 0.1) is 0 Å². The highest BCUT2D eigenvalue weighted by Gasteiger charge is 2.07. The van der Waals surface area contributed by atoms with E-state index in [-0.39, 0.29) is 5.91 Å². The van der Waals surface area contributed by atoms with Gasteiger partial charge in [-0.2, -0.15) is 0 Å². The summed E-state index contributed by atoms with van der Waals surface area (Å²) in [4.78, 5) is 13.2. The zero-order valence-corrected chi connectivity index (χ0v) is 13.6. The van der Waals surface area contributed by atoms with Crippen LogP contribution in [0.2, 0.25) is 5.02 Å². The largest absolute Gasteiger partial charge is 0.326 e. The number of amides is 1. The Morgan fingerprint density at radius 1 is 1.33 bits per heavy atom. The van der Waals surface area contributed by atoms with Crippen LogP contribution in [0.15, 0.2) is 35.7 Å². The molecule has 1 aromatic heterocycles. The molecule has 0 saturated heterocycles. The van der Waals surface area contributed by atoms with Gasteiger partial charge in [0.25, 0.3) is 0 Å². The molecule has 0 aliphatic rings. The summed E-state index contributed by atoms with van der Waals surface area (Å²) in [5.74, 6) is 0.0310. The third-order valence-electron chi connectivity index (χ3n) is 3.08. The number of aryl methyl sites for hydroxylation is 1. The minimum absolute atomic E-state index is 0.0310. The summed E-state index contributed by atoms with van der Waals surface area (Å²) in [6, 6.07) is 9.79. The fourth-order valence-electron chi connectivity index (χ4n) is 1.99. The van der Waals surface area contributed by atoms with E-state index in [0.717, 1.165) is 40.7 Å². The zero-order valence-electron chi connectivity index (χ0n) is 12.0. The molecule has 0 bridgehead atoms. The number of benzene rings is 1. The lowest BCUT2D eigenvalue weighted by Gasteiger charge is -2.11. The van der Waals surface area contributed by atoms with Crippen LogP contribution in [-0.2, 0) is 17.8 Å². The summed E-state index contributed by atoms with van der Waals surface area (Å²) in [6.45, 7) is 3.72. The number of carbonyl (C=O) groups excluding carboxylic acids is 1. The van der Waals surface area contributed by atoms with Gasteiger partial charge in [0.15, 0.2) is 0 Å². The predicted octanol–water partition coefficient (Wildman–Crippen LogP) is 4.08. The number of para-hydroxylation sites is 1. The van der Waals surface area contributed by atoms with Gasteiger partial charge in [-0.15, -0.1) is 11.3 Å². The maximum atomic E-state index is 12.1. The van der Waals surface area contributed by atoms with Crippen molar-refractivity contribution in [1.29, 1.82) is 0 Å². The molecule has 2 aromatic rings. The molecule has 112 valence electrons. The molecule has 1 heterocycles. The van der Waals surface area contributed by atoms with Gasteiger partial charge in [0.1, 0.15) is 0 Å². The van der Waals surface area contributed by atoms with Crippen molar-refractivity contribution < 1.29 is 4.79 Å². The van der Waals surface area contributed by atoms with Crippen LogP contribution in [0.3, 0.4) is 0 Å². The number of hydrogen-bond donors (Lipinski definition) is 2. The number of anilines is 1. The standard InChI is InChI=1S/C16H19ClN2OS/c1-2-18-10-12-5-3-4-6-15(12)19-16(20)8-7-14-9-13(17)11-21-14/h3-6,9,11,18H,2,7-8,10H2,1H3,(H,19,20). The van der Waals surface area contributed by atoms with Crippen LogP contribution < -0.4 is 10.6 Å². The van der Waals surface area contributed by atoms with Crippen LogP contribution in [0.25, 0.3) is 0 Å². The van der Waals surface area contributed by atoms with Crippen molar-refractivity contribution in [1.82, 2.24) is 5.32 Å². The topological polar surface area (TPSA) is 41.1 Å². The first-order chi connectivity index (χ1) is 10.2. The maximum absolute atomic E-state index is 12.1. The monoisotopic (exact) mass is 322 g/mol. The van der Waals surface area contributed by atoms with Crippen molar-refractivity contribution in [3.8, 4) is 0 Å². The molecule has 0 saturated carbocycles. The normalized spacial score (nSPS) is 10.6. The zero-order chi connectivity index (χ0) is 15.1. The Hall–Kier alpha value is -1.36. The van der Waals surface area contributed by atoms with Crippen molar-refractivity contribution in [3.05, 3.63) is 51.2 Å². The number of rotatable bonds is 7. The first kappa shape index (κ1) is 16.0. The van der Waals surface area contributed by atoms with E-state index in [1.54, 1.807) is 11.3 Å². The molecule has 21 heavy (non-hydrogen) atoms. The van der Waals surface area contributed by atoms with Crippen LogP contribution in [0.1, 0.15) is 23.8 Å². The minimum Gasteiger partial charge on any atom is -0.326 e. The van der Waals surface area contributed by atoms with Crippen molar-refractivity contribution >= 4 is 34.5 Å². The Morgan fingerprint density at radius 2 is 2.14 bits per heavy atom. The molecule has 0 atom stereocenters. The fraction of sp³-hybridized carbons (Fsp3) is 0.312. The lowest BCUT2D eigenvalue weighted by molar-refractivity contribution is -0.116. The molecule has 0 spiro atoms. The van der Waals surface area contributed by atoms with Gasteiger partial charge >= 0.3 is 0 Å². The van der Waals surface area contributed by atoms with Gasteiger partial charge in [0, 0.05) is 28.9 Å². The van der Waals surface area contributed by atoms with E-state index < -0.39 is 0 Å². The van der Waals surface area contributed by atoms with Crippen LogP contribution in [0.4, 0.5) is 5.69 Å². The third-order valence-corrected chi connectivity index (χ3v) is 4.42. The van der Waals surface area contributed by atoms with Gasteiger partial charge in [0.05, 0.1) is 5.02 Å². The first-order valence-corrected chi connectivity index (χ1v) is 8.26. The highest BCUT2D eigenvalue weighted by molar-refractivity contribution is 7.10. The van der Waals surface area contributed by atoms with Crippen LogP contribution in [-0.4, -0.2) is 12.5 Å². The van der Waals surface area contributed by atoms with Crippen LogP contribution >= 0.6 is 22.9 Å². The molecule has 2 rings (SSSR count). The lowest BCUT2D eigenvalue weighted by atomic mass is 10.1. The lowest BCUT2D eigenvalue weighted by Crippen LogP contribution is -2.17. The van der Waals surface area contributed by atoms with E-state index in [2.05, 4.69) is 17.6 Å². The van der Waals surface area contributed by atoms with Crippen molar-refractivity contribution in [3.63, 3.8) is 0 Å². The number of carbonyl (C=O) groups is 1. The molecule has 0 fully saturated rings. The molecule has 0 aliphatic carbocycles. The Morgan fingerprint density at radius 3 is 2.86 bits per heavy atom. The quantitative estimate of drug-likeness (QED) is 0.806. The van der Waals surface area contributed by atoms with Gasteiger partial charge < -0.3 is 10.6 Å². The Bertz CT molecular complexity index is 597. The highest BCUT2D eigenvalue weighted by atomic mass is 35.5. The summed E-state index contributed by atoms with van der Waals surface area (Å²) < 4.78 is 0. The van der Waals surface area contributed by atoms with Gasteiger partial charge in [-0.3, -0.25) is 4.79 Å². The van der Waals surface area contributed by atoms with E-state index in [9.17, 15) is 4.79 Å². The minimum atomic E-state index is 0.0310. The molecule has 3 nitrogen and oxygen atoms in total. The molecule has 5 heteroatoms. The SMILES string of the molecule is CCNCc1ccccc1NC(=O)CCc1cc(Cl)cs1. The second kappa shape index (κ2) is 8.17. The van der Waals surface area contributed by atoms with Gasteiger partial charge in [-0.05, 0) is 30.7 Å². The molecule has 0 radical (unpaired) electrons. The van der Waals surface area contributed by atoms with E-state index in [0.29, 0.717) is 6.42 Å².